The molecule has 1 N–H and O–H groups in total. The number of hydrogen-bond donors (Lipinski definition) is 1. The van der Waals surface area contributed by atoms with E-state index in [9.17, 15) is 5.11 Å². The maximum Gasteiger partial charge on any atom is 0.0608 e. The molecule has 7 aromatic rings. The summed E-state index contributed by atoms with van der Waals surface area (Å²) in [6.45, 7) is 27.1. The third-order valence-corrected chi connectivity index (χ3v) is 15.3. The van der Waals surface area contributed by atoms with E-state index in [1.807, 2.05) is 0 Å². The molecule has 400 valence electrons. The predicted molar refractivity (Wildman–Crippen MR) is 345 cm³/mol. The molecule has 1 saturated carbocycles. The molecule has 1 nitrogen and oxygen atoms in total. The van der Waals surface area contributed by atoms with E-state index in [1.54, 1.807) is 0 Å². The van der Waals surface area contributed by atoms with Gasteiger partial charge in [0, 0.05) is 0 Å². The summed E-state index contributed by atoms with van der Waals surface area (Å²) in [5.74, 6) is 0.355. The highest BCUT2D eigenvalue weighted by molar-refractivity contribution is 5.82. The van der Waals surface area contributed by atoms with Crippen molar-refractivity contribution in [3.8, 4) is 0 Å². The first-order valence-electron chi connectivity index (χ1n) is 28.6. The molecule has 0 aromatic heterocycles. The summed E-state index contributed by atoms with van der Waals surface area (Å²) in [5.41, 5.74) is 20.6. The van der Waals surface area contributed by atoms with Crippen molar-refractivity contribution in [2.24, 2.45) is 5.92 Å². The van der Waals surface area contributed by atoms with Crippen LogP contribution >= 0.6 is 0 Å². The van der Waals surface area contributed by atoms with E-state index in [4.69, 9.17) is 0 Å². The van der Waals surface area contributed by atoms with Gasteiger partial charge in [0.25, 0.3) is 0 Å². The molecular formula is C77H86O. The quantitative estimate of drug-likeness (QED) is 0.102. The summed E-state index contributed by atoms with van der Waals surface area (Å²) in [6, 6.07) is 56.2. The highest BCUT2D eigenvalue weighted by Gasteiger charge is 2.23. The van der Waals surface area contributed by atoms with Gasteiger partial charge in [-0.2, -0.15) is 0 Å². The van der Waals surface area contributed by atoms with Crippen LogP contribution in [-0.4, -0.2) is 11.2 Å². The Hall–Kier alpha value is -7.06. The monoisotopic (exact) mass is 1030 g/mol. The van der Waals surface area contributed by atoms with E-state index in [1.165, 1.54) is 57.3 Å². The van der Waals surface area contributed by atoms with E-state index in [-0.39, 0.29) is 27.8 Å². The lowest BCUT2D eigenvalue weighted by molar-refractivity contribution is 0.111. The summed E-state index contributed by atoms with van der Waals surface area (Å²) in [7, 11) is 0. The van der Waals surface area contributed by atoms with E-state index >= 15 is 0 Å². The van der Waals surface area contributed by atoms with Crippen molar-refractivity contribution >= 4 is 72.9 Å². The molecule has 0 heterocycles. The van der Waals surface area contributed by atoms with Gasteiger partial charge in [-0.1, -0.05) is 278 Å². The Bertz CT molecular complexity index is 2910. The van der Waals surface area contributed by atoms with Crippen LogP contribution in [0.4, 0.5) is 0 Å². The highest BCUT2D eigenvalue weighted by Crippen LogP contribution is 2.32. The zero-order valence-corrected chi connectivity index (χ0v) is 49.0. The predicted octanol–water partition coefficient (Wildman–Crippen LogP) is 21.0. The minimum Gasteiger partial charge on any atom is -0.392 e. The van der Waals surface area contributed by atoms with Crippen molar-refractivity contribution in [1.29, 1.82) is 0 Å². The maximum atomic E-state index is 11.6. The minimum atomic E-state index is -0.358. The summed E-state index contributed by atoms with van der Waals surface area (Å²) in [6.07, 6.45) is 31.6. The van der Waals surface area contributed by atoms with Crippen LogP contribution in [0.5, 0.6) is 0 Å². The fourth-order valence-electron chi connectivity index (χ4n) is 10.3. The molecule has 1 heteroatoms. The van der Waals surface area contributed by atoms with E-state index in [0.717, 1.165) is 62.9 Å². The van der Waals surface area contributed by atoms with Crippen molar-refractivity contribution in [3.05, 3.63) is 246 Å². The third-order valence-electron chi connectivity index (χ3n) is 15.3. The van der Waals surface area contributed by atoms with Crippen LogP contribution in [-0.2, 0) is 28.1 Å². The van der Waals surface area contributed by atoms with E-state index in [0.29, 0.717) is 12.3 Å². The van der Waals surface area contributed by atoms with Gasteiger partial charge in [0.05, 0.1) is 6.10 Å². The molecular weight excluding hydrogens is 941 g/mol. The van der Waals surface area contributed by atoms with Gasteiger partial charge >= 0.3 is 0 Å². The van der Waals surface area contributed by atoms with Crippen LogP contribution in [0.25, 0.3) is 72.9 Å². The van der Waals surface area contributed by atoms with Crippen molar-refractivity contribution in [3.63, 3.8) is 0 Å². The second kappa shape index (κ2) is 24.7. The molecule has 0 radical (unpaired) electrons. The van der Waals surface area contributed by atoms with Gasteiger partial charge in [-0.05, 0) is 184 Å². The van der Waals surface area contributed by atoms with Gasteiger partial charge in [0.1, 0.15) is 0 Å². The summed E-state index contributed by atoms with van der Waals surface area (Å²) in [5, 5.41) is 11.6. The molecule has 1 atom stereocenters. The smallest absolute Gasteiger partial charge is 0.0608 e. The van der Waals surface area contributed by atoms with Gasteiger partial charge in [0.15, 0.2) is 0 Å². The normalized spacial score (nSPS) is 14.7. The molecule has 78 heavy (non-hydrogen) atoms. The molecule has 1 aliphatic carbocycles. The lowest BCUT2D eigenvalue weighted by atomic mass is 9.86. The summed E-state index contributed by atoms with van der Waals surface area (Å²) in [4.78, 5) is 0. The van der Waals surface area contributed by atoms with Crippen LogP contribution in [0.3, 0.4) is 0 Å². The fourth-order valence-corrected chi connectivity index (χ4v) is 10.3. The van der Waals surface area contributed by atoms with Crippen LogP contribution in [0.2, 0.25) is 0 Å². The van der Waals surface area contributed by atoms with Crippen LogP contribution in [0.1, 0.15) is 203 Å². The zero-order chi connectivity index (χ0) is 55.7. The van der Waals surface area contributed by atoms with Crippen molar-refractivity contribution in [2.75, 3.05) is 0 Å². The first-order valence-corrected chi connectivity index (χ1v) is 28.6. The van der Waals surface area contributed by atoms with Crippen LogP contribution in [0, 0.1) is 5.92 Å². The second-order valence-electron chi connectivity index (χ2n) is 26.2. The molecule has 0 spiro atoms. The number of rotatable bonds is 15. The van der Waals surface area contributed by atoms with Gasteiger partial charge in [-0.3, -0.25) is 0 Å². The Balaban J connectivity index is 1.13. The average molecular weight is 1030 g/mol. The largest absolute Gasteiger partial charge is 0.392 e. The first-order chi connectivity index (χ1) is 37.0. The van der Waals surface area contributed by atoms with E-state index < -0.39 is 0 Å². The zero-order valence-electron chi connectivity index (χ0n) is 49.0. The molecule has 7 aromatic carbocycles. The van der Waals surface area contributed by atoms with Crippen LogP contribution in [0.15, 0.2) is 152 Å². The van der Waals surface area contributed by atoms with Crippen molar-refractivity contribution in [2.45, 2.75) is 143 Å². The Labute approximate surface area is 470 Å². The van der Waals surface area contributed by atoms with Crippen molar-refractivity contribution < 1.29 is 5.11 Å². The van der Waals surface area contributed by atoms with Gasteiger partial charge in [-0.25, -0.2) is 0 Å². The number of hydrogen-bond acceptors (Lipinski definition) is 1. The Morgan fingerprint density at radius 2 is 0.500 bits per heavy atom. The molecule has 8 rings (SSSR count). The second-order valence-corrected chi connectivity index (χ2v) is 26.2. The molecule has 0 amide bonds. The van der Waals surface area contributed by atoms with Crippen LogP contribution < -0.4 is 0 Å². The molecule has 0 saturated heterocycles. The Morgan fingerprint density at radius 1 is 0.308 bits per heavy atom. The summed E-state index contributed by atoms with van der Waals surface area (Å²) >= 11 is 0. The Morgan fingerprint density at radius 3 is 0.705 bits per heavy atom. The lowest BCUT2D eigenvalue weighted by Crippen LogP contribution is -2.20. The molecule has 1 aliphatic rings. The summed E-state index contributed by atoms with van der Waals surface area (Å²) < 4.78 is 0. The highest BCUT2D eigenvalue weighted by atomic mass is 16.3. The van der Waals surface area contributed by atoms with Gasteiger partial charge in [0.2, 0.25) is 0 Å². The minimum absolute atomic E-state index is 0.107. The number of benzene rings is 7. The topological polar surface area (TPSA) is 20.2 Å². The maximum absolute atomic E-state index is 11.6. The molecule has 1 unspecified atom stereocenters. The van der Waals surface area contributed by atoms with E-state index in [2.05, 4.69) is 308 Å². The van der Waals surface area contributed by atoms with Gasteiger partial charge < -0.3 is 5.11 Å². The molecule has 0 bridgehead atoms. The molecule has 1 fully saturated rings. The van der Waals surface area contributed by atoms with Crippen molar-refractivity contribution in [1.82, 2.24) is 0 Å². The average Bonchev–Trinajstić information content (AvgIpc) is 3.96. The number of aliphatic hydroxyl groups excluding tert-OH is 1. The SMILES string of the molecule is CC(C)(C)c1ccc(/C=C/c2cc(/C=C/c3ccc(C(C)(C)C)cc3)cc(/C=C/c3cc(/C=C/c4cc(/C=C/c5ccc(C(C)(C)C)cc5)cc(/C=C/c5ccc(C(C)(C)C)cc5)c4)cc(CC(O)C4CCCC4)c3)c2)cc1. The number of aliphatic hydroxyl groups is 1. The first kappa shape index (κ1) is 57.1. The third kappa shape index (κ3) is 16.7. The fraction of sp³-hybridized carbons (Fsp3) is 0.299. The molecule has 0 aliphatic heterocycles. The lowest BCUT2D eigenvalue weighted by Gasteiger charge is -2.18. The Kier molecular flexibility index (Phi) is 18.1. The van der Waals surface area contributed by atoms with Gasteiger partial charge in [-0.15, -0.1) is 0 Å². The standard InChI is InChI=1S/C77H86O/c1-74(2,3)69-37-29-55(30-38-69)17-21-59-45-60(22-18-56-31-39-70(40-32-56)75(4,5)6)48-63(47-59)25-27-65-51-66(53-67(52-65)54-73(78)68-15-13-14-16-68)28-26-64-49-61(23-19-57-33-41-71(42-34-57)76(7,8)9)46-62(50-64)24-20-58-35-43-72(44-36-58)77(10,11)12/h17-53,68,73,78H,13-16,54H2,1-12H3/b21-17+,22-18+,23-19+,24-20+,27-25+,28-26+.